The molecule has 2 N–H and O–H groups in total. The van der Waals surface area contributed by atoms with Gasteiger partial charge in [-0.25, -0.2) is 0 Å². The van der Waals surface area contributed by atoms with E-state index >= 15 is 0 Å². The minimum atomic E-state index is 0.728. The number of hydrogen-bond acceptors (Lipinski definition) is 2. The molecule has 2 heteroatoms. The van der Waals surface area contributed by atoms with Gasteiger partial charge in [0.15, 0.2) is 0 Å². The summed E-state index contributed by atoms with van der Waals surface area (Å²) < 4.78 is 0. The summed E-state index contributed by atoms with van der Waals surface area (Å²) in [6.45, 7) is 6.30. The summed E-state index contributed by atoms with van der Waals surface area (Å²) in [5.41, 5.74) is 2.65. The first-order valence-corrected chi connectivity index (χ1v) is 5.88. The van der Waals surface area contributed by atoms with Gasteiger partial charge in [-0.1, -0.05) is 26.0 Å². The average molecular weight is 206 g/mol. The number of benzene rings is 1. The van der Waals surface area contributed by atoms with E-state index in [-0.39, 0.29) is 0 Å². The van der Waals surface area contributed by atoms with E-state index in [1.807, 2.05) is 20.9 Å². The average Bonchev–Trinajstić information content (AvgIpc) is 2.85. The predicted molar refractivity (Wildman–Crippen MR) is 67.6 cm³/mol. The molecular weight excluding hydrogens is 184 g/mol. The minimum Gasteiger partial charge on any atom is -0.388 e. The number of nitrogens with one attached hydrogen (secondary N) is 2. The Morgan fingerprint density at radius 3 is 2.33 bits per heavy atom. The van der Waals surface area contributed by atoms with Crippen molar-refractivity contribution in [3.8, 4) is 0 Å². The molecule has 1 saturated heterocycles. The van der Waals surface area contributed by atoms with Gasteiger partial charge in [-0.2, -0.15) is 0 Å². The van der Waals surface area contributed by atoms with Gasteiger partial charge in [-0.3, -0.25) is 0 Å². The molecule has 1 unspecified atom stereocenters. The molecule has 15 heavy (non-hydrogen) atoms. The van der Waals surface area contributed by atoms with Crippen LogP contribution in [0.1, 0.15) is 31.7 Å². The van der Waals surface area contributed by atoms with Crippen LogP contribution in [0.3, 0.4) is 0 Å². The van der Waals surface area contributed by atoms with Gasteiger partial charge in [0.25, 0.3) is 0 Å². The highest BCUT2D eigenvalue weighted by Gasteiger charge is 2.15. The van der Waals surface area contributed by atoms with Crippen LogP contribution in [-0.4, -0.2) is 20.1 Å². The van der Waals surface area contributed by atoms with Crippen LogP contribution in [0, 0.1) is 0 Å². The molecule has 0 spiro atoms. The molecule has 1 aromatic carbocycles. The smallest absolute Gasteiger partial charge is 0.0337 e. The van der Waals surface area contributed by atoms with E-state index in [2.05, 4.69) is 34.9 Å². The Morgan fingerprint density at radius 2 is 1.87 bits per heavy atom. The van der Waals surface area contributed by atoms with Crippen LogP contribution >= 0.6 is 0 Å². The lowest BCUT2D eigenvalue weighted by atomic mass is 9.98. The lowest BCUT2D eigenvalue weighted by Gasteiger charge is -2.09. The van der Waals surface area contributed by atoms with Crippen LogP contribution in [0.2, 0.25) is 0 Å². The van der Waals surface area contributed by atoms with Crippen LogP contribution in [0.4, 0.5) is 5.69 Å². The van der Waals surface area contributed by atoms with E-state index in [4.69, 9.17) is 0 Å². The van der Waals surface area contributed by atoms with Gasteiger partial charge in [-0.15, -0.1) is 0 Å². The summed E-state index contributed by atoms with van der Waals surface area (Å²) >= 11 is 0. The van der Waals surface area contributed by atoms with Crippen LogP contribution in [0.5, 0.6) is 0 Å². The second-order valence-corrected chi connectivity index (χ2v) is 3.56. The maximum absolute atomic E-state index is 3.38. The molecule has 0 bridgehead atoms. The van der Waals surface area contributed by atoms with Gasteiger partial charge in [0.05, 0.1) is 0 Å². The summed E-state index contributed by atoms with van der Waals surface area (Å²) in [6, 6.07) is 8.74. The van der Waals surface area contributed by atoms with Crippen molar-refractivity contribution in [3.05, 3.63) is 29.8 Å². The highest BCUT2D eigenvalue weighted by Crippen LogP contribution is 2.23. The van der Waals surface area contributed by atoms with Crippen LogP contribution < -0.4 is 10.6 Å². The number of hydrogen-bond donors (Lipinski definition) is 2. The molecule has 2 rings (SSSR count). The van der Waals surface area contributed by atoms with E-state index in [0.717, 1.165) is 12.5 Å². The lowest BCUT2D eigenvalue weighted by Crippen LogP contribution is -2.07. The summed E-state index contributed by atoms with van der Waals surface area (Å²) in [5, 5.41) is 6.51. The fourth-order valence-electron chi connectivity index (χ4n) is 1.86. The molecule has 1 heterocycles. The van der Waals surface area contributed by atoms with Crippen LogP contribution in [0.25, 0.3) is 0 Å². The molecule has 84 valence electrons. The largest absolute Gasteiger partial charge is 0.388 e. The van der Waals surface area contributed by atoms with Crippen molar-refractivity contribution < 1.29 is 0 Å². The van der Waals surface area contributed by atoms with E-state index in [0.29, 0.717) is 0 Å². The van der Waals surface area contributed by atoms with Gasteiger partial charge >= 0.3 is 0 Å². The predicted octanol–water partition coefficient (Wildman–Crippen LogP) is 2.83. The Hall–Kier alpha value is -1.02. The van der Waals surface area contributed by atoms with Gasteiger partial charge in [0.2, 0.25) is 0 Å². The normalized spacial score (nSPS) is 19.3. The van der Waals surface area contributed by atoms with Gasteiger partial charge < -0.3 is 10.6 Å². The van der Waals surface area contributed by atoms with E-state index in [1.54, 1.807) is 0 Å². The van der Waals surface area contributed by atoms with Crippen molar-refractivity contribution in [2.45, 2.75) is 26.2 Å². The maximum Gasteiger partial charge on any atom is 0.0337 e. The Balaban J connectivity index is 0.000000531. The zero-order valence-corrected chi connectivity index (χ0v) is 10.0. The summed E-state index contributed by atoms with van der Waals surface area (Å²) in [5.74, 6) is 0.728. The third kappa shape index (κ3) is 3.24. The molecule has 0 saturated carbocycles. The minimum absolute atomic E-state index is 0.728. The molecule has 0 aromatic heterocycles. The monoisotopic (exact) mass is 206 g/mol. The standard InChI is InChI=1S/C11H16N2.C2H6/c1-12-11-4-2-9(3-5-11)10-6-7-13-8-10;1-2/h2-5,10,12-13H,6-8H2,1H3;1-2H3. The summed E-state index contributed by atoms with van der Waals surface area (Å²) in [6.07, 6.45) is 1.28. The first-order chi connectivity index (χ1) is 7.40. The lowest BCUT2D eigenvalue weighted by molar-refractivity contribution is 0.763. The zero-order chi connectivity index (χ0) is 11.1. The zero-order valence-electron chi connectivity index (χ0n) is 10.0. The molecule has 1 aliphatic heterocycles. The third-order valence-electron chi connectivity index (χ3n) is 2.73. The fraction of sp³-hybridized carbons (Fsp3) is 0.538. The molecule has 0 aliphatic carbocycles. The van der Waals surface area contributed by atoms with Crippen molar-refractivity contribution in [2.24, 2.45) is 0 Å². The van der Waals surface area contributed by atoms with Gasteiger partial charge in [0, 0.05) is 19.3 Å². The number of anilines is 1. The second kappa shape index (κ2) is 6.46. The molecule has 1 aliphatic rings. The topological polar surface area (TPSA) is 24.1 Å². The third-order valence-corrected chi connectivity index (χ3v) is 2.73. The van der Waals surface area contributed by atoms with E-state index < -0.39 is 0 Å². The molecule has 1 atom stereocenters. The SMILES string of the molecule is CC.CNc1ccc(C2CCNC2)cc1. The van der Waals surface area contributed by atoms with Crippen molar-refractivity contribution >= 4 is 5.69 Å². The fourth-order valence-corrected chi connectivity index (χ4v) is 1.86. The van der Waals surface area contributed by atoms with Gasteiger partial charge in [-0.05, 0) is 36.6 Å². The Morgan fingerprint density at radius 1 is 1.20 bits per heavy atom. The van der Waals surface area contributed by atoms with Crippen LogP contribution in [0.15, 0.2) is 24.3 Å². The van der Waals surface area contributed by atoms with Crippen molar-refractivity contribution in [3.63, 3.8) is 0 Å². The summed E-state index contributed by atoms with van der Waals surface area (Å²) in [7, 11) is 1.95. The Labute approximate surface area is 93.1 Å². The maximum atomic E-state index is 3.38. The van der Waals surface area contributed by atoms with Gasteiger partial charge in [0.1, 0.15) is 0 Å². The molecular formula is C13H22N2. The van der Waals surface area contributed by atoms with E-state index in [9.17, 15) is 0 Å². The van der Waals surface area contributed by atoms with E-state index in [1.165, 1.54) is 24.2 Å². The van der Waals surface area contributed by atoms with Crippen molar-refractivity contribution in [1.82, 2.24) is 5.32 Å². The summed E-state index contributed by atoms with van der Waals surface area (Å²) in [4.78, 5) is 0. The highest BCUT2D eigenvalue weighted by molar-refractivity contribution is 5.44. The highest BCUT2D eigenvalue weighted by atomic mass is 14.9. The first-order valence-electron chi connectivity index (χ1n) is 5.88. The quantitative estimate of drug-likeness (QED) is 0.777. The molecule has 0 amide bonds. The van der Waals surface area contributed by atoms with Crippen molar-refractivity contribution in [1.29, 1.82) is 0 Å². The molecule has 0 radical (unpaired) electrons. The molecule has 1 fully saturated rings. The van der Waals surface area contributed by atoms with Crippen LogP contribution in [-0.2, 0) is 0 Å². The van der Waals surface area contributed by atoms with Crippen molar-refractivity contribution in [2.75, 3.05) is 25.5 Å². The second-order valence-electron chi connectivity index (χ2n) is 3.56. The molecule has 2 nitrogen and oxygen atoms in total. The first kappa shape index (κ1) is 12.1. The number of rotatable bonds is 2. The Kier molecular flexibility index (Phi) is 5.19. The molecule has 1 aromatic rings. The Bertz CT molecular complexity index is 260.